The van der Waals surface area contributed by atoms with Crippen molar-refractivity contribution in [3.8, 4) is 11.1 Å². The lowest BCUT2D eigenvalue weighted by Crippen LogP contribution is -2.30. The molecule has 166 valence electrons. The number of carbonyl (C=O) groups is 1. The first kappa shape index (κ1) is 21.0. The van der Waals surface area contributed by atoms with Crippen LogP contribution in [0.2, 0.25) is 0 Å². The number of aromatic nitrogens is 2. The van der Waals surface area contributed by atoms with Crippen molar-refractivity contribution in [1.82, 2.24) is 14.5 Å². The predicted molar refractivity (Wildman–Crippen MR) is 135 cm³/mol. The van der Waals surface area contributed by atoms with Crippen molar-refractivity contribution >= 4 is 46.1 Å². The van der Waals surface area contributed by atoms with E-state index in [-0.39, 0.29) is 31.7 Å². The van der Waals surface area contributed by atoms with Crippen LogP contribution in [-0.4, -0.2) is 40.7 Å². The lowest BCUT2D eigenvalue weighted by Gasteiger charge is -2.24. The summed E-state index contributed by atoms with van der Waals surface area (Å²) in [5, 5.41) is 1.05. The van der Waals surface area contributed by atoms with Gasteiger partial charge in [0.2, 0.25) is 0 Å². The smallest absolute Gasteiger partial charge is 0.254 e. The average molecular weight is 522 g/mol. The van der Waals surface area contributed by atoms with Gasteiger partial charge in [0.1, 0.15) is 11.6 Å². The third kappa shape index (κ3) is 3.04. The molecule has 0 aliphatic carbocycles. The predicted octanol–water partition coefficient (Wildman–Crippen LogP) is 6.09. The van der Waals surface area contributed by atoms with Crippen LogP contribution >= 0.6 is 23.9 Å². The zero-order chi connectivity index (χ0) is 23.0. The summed E-state index contributed by atoms with van der Waals surface area (Å²) in [5.74, 6) is 0.716. The van der Waals surface area contributed by atoms with Gasteiger partial charge >= 0.3 is 0 Å². The number of hydrogen-bond donors (Lipinski definition) is 0. The van der Waals surface area contributed by atoms with E-state index in [2.05, 4.69) is 33.8 Å². The van der Waals surface area contributed by atoms with Crippen LogP contribution in [0.1, 0.15) is 40.3 Å². The normalized spacial score (nSPS) is 19.2. The fraction of sp³-hybridized carbons (Fsp3) is 0.231. The lowest BCUT2D eigenvalue weighted by molar-refractivity contribution is 0.0734. The van der Waals surface area contributed by atoms with Gasteiger partial charge in [0.25, 0.3) is 5.91 Å². The largest absolute Gasteiger partial charge is 0.331 e. The van der Waals surface area contributed by atoms with Crippen LogP contribution in [0.5, 0.6) is 0 Å². The van der Waals surface area contributed by atoms with E-state index in [0.29, 0.717) is 5.56 Å². The van der Waals surface area contributed by atoms with Crippen LogP contribution in [0.25, 0.3) is 22.2 Å². The van der Waals surface area contributed by atoms with E-state index in [1.54, 1.807) is 6.07 Å². The first-order valence-corrected chi connectivity index (χ1v) is 13.9. The summed E-state index contributed by atoms with van der Waals surface area (Å²) >= 11 is 3.69. The monoisotopic (exact) mass is 521 g/mol. The summed E-state index contributed by atoms with van der Waals surface area (Å²) in [4.78, 5) is 19.9. The van der Waals surface area contributed by atoms with Crippen LogP contribution in [0.15, 0.2) is 59.1 Å². The molecule has 3 aromatic carbocycles. The van der Waals surface area contributed by atoms with Gasteiger partial charge in [-0.3, -0.25) is 4.79 Å². The third-order valence-corrected chi connectivity index (χ3v) is 8.96. The van der Waals surface area contributed by atoms with Crippen LogP contribution in [-0.2, 0) is 0 Å². The topological polar surface area (TPSA) is 38.1 Å². The van der Waals surface area contributed by atoms with Gasteiger partial charge in [0, 0.05) is 34.6 Å². The second-order valence-corrected chi connectivity index (χ2v) is 12.1. The lowest BCUT2D eigenvalue weighted by atomic mass is 9.98. The Bertz CT molecular complexity index is 1460. The highest BCUT2D eigenvalue weighted by Crippen LogP contribution is 2.49. The molecule has 4 nitrogen and oxygen atoms in total. The molecule has 2 atom stereocenters. The molecule has 0 spiro atoms. The number of benzene rings is 3. The molecule has 3 heterocycles. The van der Waals surface area contributed by atoms with Gasteiger partial charge in [-0.15, -0.1) is 0 Å². The molecule has 7 heteroatoms. The van der Waals surface area contributed by atoms with Crippen molar-refractivity contribution in [2.24, 2.45) is 0 Å². The number of fused-ring (bicyclic) bond motifs is 9. The molecule has 1 amide bonds. The molecule has 4 aromatic rings. The molecule has 6 rings (SSSR count). The Hall–Kier alpha value is -2.56. The molecule has 2 aliphatic rings. The van der Waals surface area contributed by atoms with Crippen LogP contribution in [0.3, 0.4) is 0 Å². The second kappa shape index (κ2) is 7.48. The molecule has 33 heavy (non-hydrogen) atoms. The van der Waals surface area contributed by atoms with Gasteiger partial charge in [-0.25, -0.2) is 9.37 Å². The minimum absolute atomic E-state index is 0.0133. The zero-order valence-corrected chi connectivity index (χ0v) is 21.0. The highest BCUT2D eigenvalue weighted by Gasteiger charge is 2.44. The maximum absolute atomic E-state index is 15.0. The fourth-order valence-electron chi connectivity index (χ4n) is 5.25. The maximum Gasteiger partial charge on any atom is 0.254 e. The SMILES string of the molecule is CN1C(=O)c2cccc(Br)c2C2CC1c1nc3ccc(-c4ccc(P(C)C)cc4F)cc3n12. The average Bonchev–Trinajstić information content (AvgIpc) is 3.31. The maximum atomic E-state index is 15.0. The van der Waals surface area contributed by atoms with Crippen molar-refractivity contribution in [2.75, 3.05) is 20.4 Å². The molecule has 2 aliphatic heterocycles. The van der Waals surface area contributed by atoms with E-state index in [4.69, 9.17) is 4.98 Å². The molecular weight excluding hydrogens is 500 g/mol. The molecule has 1 aromatic heterocycles. The first-order valence-electron chi connectivity index (χ1n) is 10.9. The van der Waals surface area contributed by atoms with Gasteiger partial charge in [-0.2, -0.15) is 0 Å². The third-order valence-electron chi connectivity index (χ3n) is 6.96. The summed E-state index contributed by atoms with van der Waals surface area (Å²) in [7, 11) is 1.50. The van der Waals surface area contributed by atoms with Gasteiger partial charge in [0.15, 0.2) is 0 Å². The number of imidazole rings is 1. The standard InChI is InChI=1S/C26H22BrFN3OP/c1-30-23-13-22(24-17(26(30)32)5-4-6-18(24)27)31-21-11-14(7-10-20(21)29-25(23)31)16-9-8-15(33(2)3)12-19(16)28/h4-12,22-23H,13H2,1-3H3. The van der Waals surface area contributed by atoms with Crippen molar-refractivity contribution < 1.29 is 9.18 Å². The quantitative estimate of drug-likeness (QED) is 0.299. The Morgan fingerprint density at radius 1 is 1.06 bits per heavy atom. The summed E-state index contributed by atoms with van der Waals surface area (Å²) in [5.41, 5.74) is 4.98. The summed E-state index contributed by atoms with van der Waals surface area (Å²) in [6.45, 7) is 4.26. The van der Waals surface area contributed by atoms with Crippen molar-refractivity contribution in [2.45, 2.75) is 18.5 Å². The molecule has 0 saturated carbocycles. The molecule has 2 unspecified atom stereocenters. The van der Waals surface area contributed by atoms with E-state index >= 15 is 4.39 Å². The summed E-state index contributed by atoms with van der Waals surface area (Å²) < 4.78 is 18.2. The second-order valence-electron chi connectivity index (χ2n) is 8.99. The molecule has 0 saturated heterocycles. The Kier molecular flexibility index (Phi) is 4.76. The van der Waals surface area contributed by atoms with E-state index in [1.165, 1.54) is 0 Å². The Morgan fingerprint density at radius 3 is 2.64 bits per heavy atom. The summed E-state index contributed by atoms with van der Waals surface area (Å²) in [6.07, 6.45) is 0.778. The van der Waals surface area contributed by atoms with Crippen LogP contribution < -0.4 is 5.30 Å². The van der Waals surface area contributed by atoms with E-state index in [0.717, 1.165) is 49.7 Å². The number of carbonyl (C=O) groups excluding carboxylic acids is 1. The Labute approximate surface area is 201 Å². The highest BCUT2D eigenvalue weighted by atomic mass is 79.9. The number of halogens is 2. The first-order chi connectivity index (χ1) is 15.8. The Balaban J connectivity index is 1.56. The molecular formula is C26H22BrFN3OP. The molecule has 0 N–H and O–H groups in total. The zero-order valence-electron chi connectivity index (χ0n) is 18.5. The number of rotatable bonds is 2. The number of amides is 1. The van der Waals surface area contributed by atoms with Crippen LogP contribution in [0, 0.1) is 5.82 Å². The van der Waals surface area contributed by atoms with Crippen LogP contribution in [0.4, 0.5) is 4.39 Å². The highest BCUT2D eigenvalue weighted by molar-refractivity contribution is 9.10. The number of hydrogen-bond acceptors (Lipinski definition) is 2. The van der Waals surface area contributed by atoms with E-state index in [9.17, 15) is 4.79 Å². The minimum Gasteiger partial charge on any atom is -0.331 e. The van der Waals surface area contributed by atoms with Gasteiger partial charge in [0.05, 0.1) is 23.1 Å². The van der Waals surface area contributed by atoms with Crippen molar-refractivity contribution in [3.63, 3.8) is 0 Å². The minimum atomic E-state index is -0.353. The Morgan fingerprint density at radius 2 is 1.88 bits per heavy atom. The summed E-state index contributed by atoms with van der Waals surface area (Å²) in [6, 6.07) is 17.2. The van der Waals surface area contributed by atoms with Crippen molar-refractivity contribution in [3.05, 3.63) is 81.8 Å². The van der Waals surface area contributed by atoms with Crippen molar-refractivity contribution in [1.29, 1.82) is 0 Å². The van der Waals surface area contributed by atoms with Gasteiger partial charge < -0.3 is 9.47 Å². The molecule has 0 fully saturated rings. The van der Waals surface area contributed by atoms with E-state index in [1.807, 2.05) is 60.5 Å². The van der Waals surface area contributed by atoms with E-state index < -0.39 is 0 Å². The number of nitrogens with zero attached hydrogens (tertiary/aromatic N) is 3. The fourth-order valence-corrected chi connectivity index (χ4v) is 6.63. The molecule has 0 radical (unpaired) electrons. The van der Waals surface area contributed by atoms with Gasteiger partial charge in [-0.1, -0.05) is 48.1 Å². The van der Waals surface area contributed by atoms with Gasteiger partial charge in [-0.05, 0) is 54.5 Å². The molecule has 2 bridgehead atoms.